The van der Waals surface area contributed by atoms with Gasteiger partial charge in [0, 0.05) is 6.08 Å². The number of likely N-dealkylation sites (N-methyl/N-ethyl adjacent to an activating group) is 1. The van der Waals surface area contributed by atoms with Gasteiger partial charge in [-0.2, -0.15) is 0 Å². The molecule has 0 radical (unpaired) electrons. The fraction of sp³-hybridized carbons (Fsp3) is 0.750. The van der Waals surface area contributed by atoms with Crippen molar-refractivity contribution in [1.82, 2.24) is 0 Å². The van der Waals surface area contributed by atoms with Gasteiger partial charge in [-0.1, -0.05) is 13.5 Å². The number of carbonyl (C=O) groups excluding carboxylic acids is 1. The molecule has 1 unspecified atom stereocenters. The maximum Gasteiger partial charge on any atom is 0.466 e. The summed E-state index contributed by atoms with van der Waals surface area (Å²) in [6, 6.07) is 0. The summed E-state index contributed by atoms with van der Waals surface area (Å²) >= 11 is 0. The van der Waals surface area contributed by atoms with Gasteiger partial charge < -0.3 is 28.6 Å². The molecule has 0 aromatic carbocycles. The Labute approximate surface area is 125 Å². The van der Waals surface area contributed by atoms with E-state index in [0.29, 0.717) is 13.2 Å². The van der Waals surface area contributed by atoms with Crippen LogP contribution in [0.25, 0.3) is 0 Å². The lowest BCUT2D eigenvalue weighted by molar-refractivity contribution is -0.873. The Morgan fingerprint density at radius 1 is 1.29 bits per heavy atom. The molecule has 3 N–H and O–H groups in total. The third kappa shape index (κ3) is 24.6. The van der Waals surface area contributed by atoms with Gasteiger partial charge in [-0.25, -0.2) is 9.36 Å². The lowest BCUT2D eigenvalue weighted by Gasteiger charge is -2.28. The van der Waals surface area contributed by atoms with Gasteiger partial charge in [0.15, 0.2) is 0 Å². The highest BCUT2D eigenvalue weighted by Crippen LogP contribution is 2.25. The van der Waals surface area contributed by atoms with Crippen LogP contribution in [0.1, 0.15) is 13.3 Å². The monoisotopic (exact) mass is 328 g/mol. The first-order valence-electron chi connectivity index (χ1n) is 6.38. The van der Waals surface area contributed by atoms with Crippen LogP contribution in [0, 0.1) is 0 Å². The minimum absolute atomic E-state index is 0.211. The molecule has 0 aliphatic carbocycles. The predicted octanol–water partition coefficient (Wildman–Crippen LogP) is 0.288. The minimum atomic E-state index is -4.64. The van der Waals surface area contributed by atoms with Gasteiger partial charge in [-0.05, 0) is 6.42 Å². The Bertz CT molecular complexity index is 340. The van der Waals surface area contributed by atoms with Gasteiger partial charge in [-0.15, -0.1) is 0 Å². The molecular weight excluding hydrogens is 301 g/mol. The quantitative estimate of drug-likeness (QED) is 0.193. The molecule has 9 heteroatoms. The summed E-state index contributed by atoms with van der Waals surface area (Å²) in [7, 11) is 1.75. The Kier molecular flexibility index (Phi) is 11.7. The molecule has 0 spiro atoms. The fourth-order valence-corrected chi connectivity index (χ4v) is 1.33. The van der Waals surface area contributed by atoms with Crippen molar-refractivity contribution in [2.45, 2.75) is 19.4 Å². The lowest BCUT2D eigenvalue weighted by atomic mass is 10.2. The van der Waals surface area contributed by atoms with E-state index in [4.69, 9.17) is 28.7 Å². The minimum Gasteiger partial charge on any atom is -0.460 e. The van der Waals surface area contributed by atoms with Crippen molar-refractivity contribution in [3.63, 3.8) is 0 Å². The molecule has 0 aliphatic heterocycles. The first-order valence-corrected chi connectivity index (χ1v) is 7.95. The largest absolute Gasteiger partial charge is 0.466 e. The van der Waals surface area contributed by atoms with Crippen LogP contribution in [-0.4, -0.2) is 72.1 Å². The van der Waals surface area contributed by atoms with Crippen molar-refractivity contribution in [1.29, 1.82) is 0 Å². The normalized spacial score (nSPS) is 12.9. The molecule has 0 bridgehead atoms. The number of ether oxygens (including phenoxy) is 2. The SMILES string of the molecule is C=CC(=O)OCCOC(CC)C[N+](C)(C)C.O=P(O)(O)O. The Morgan fingerprint density at radius 2 is 1.76 bits per heavy atom. The van der Waals surface area contributed by atoms with Crippen molar-refractivity contribution >= 4 is 13.8 Å². The second-order valence-electron chi connectivity index (χ2n) is 5.26. The van der Waals surface area contributed by atoms with Crippen molar-refractivity contribution in [3.05, 3.63) is 12.7 Å². The molecule has 0 aliphatic rings. The summed E-state index contributed by atoms with van der Waals surface area (Å²) in [5.41, 5.74) is 0. The van der Waals surface area contributed by atoms with Crippen LogP contribution in [0.3, 0.4) is 0 Å². The molecule has 0 saturated carbocycles. The van der Waals surface area contributed by atoms with E-state index >= 15 is 0 Å². The zero-order valence-corrected chi connectivity index (χ0v) is 14.0. The number of quaternary nitrogens is 1. The third-order valence-electron chi connectivity index (χ3n) is 2.05. The molecule has 0 amide bonds. The zero-order valence-electron chi connectivity index (χ0n) is 13.1. The van der Waals surface area contributed by atoms with Crippen LogP contribution in [-0.2, 0) is 18.8 Å². The van der Waals surface area contributed by atoms with Crippen LogP contribution >= 0.6 is 7.82 Å². The molecule has 0 fully saturated rings. The maximum absolute atomic E-state index is 10.8. The number of carbonyl (C=O) groups is 1. The summed E-state index contributed by atoms with van der Waals surface area (Å²) in [5, 5.41) is 0. The smallest absolute Gasteiger partial charge is 0.460 e. The van der Waals surface area contributed by atoms with E-state index in [0.717, 1.165) is 23.5 Å². The molecule has 0 rings (SSSR count). The van der Waals surface area contributed by atoms with Crippen LogP contribution in [0.2, 0.25) is 0 Å². The van der Waals surface area contributed by atoms with Crippen molar-refractivity contribution in [3.8, 4) is 0 Å². The maximum atomic E-state index is 10.8. The molecule has 0 aromatic heterocycles. The molecule has 0 saturated heterocycles. The van der Waals surface area contributed by atoms with E-state index in [1.54, 1.807) is 0 Å². The molecular formula is C12H27NO7P+. The van der Waals surface area contributed by atoms with Gasteiger partial charge in [0.05, 0.1) is 27.7 Å². The second kappa shape index (κ2) is 10.9. The molecule has 8 nitrogen and oxygen atoms in total. The summed E-state index contributed by atoms with van der Waals surface area (Å²) in [4.78, 5) is 32.3. The zero-order chi connectivity index (χ0) is 17.1. The van der Waals surface area contributed by atoms with E-state index in [-0.39, 0.29) is 6.10 Å². The highest BCUT2D eigenvalue weighted by atomic mass is 31.2. The highest BCUT2D eigenvalue weighted by Gasteiger charge is 2.16. The Balaban J connectivity index is 0. The van der Waals surface area contributed by atoms with E-state index in [1.807, 2.05) is 0 Å². The van der Waals surface area contributed by atoms with E-state index in [2.05, 4.69) is 34.6 Å². The average molecular weight is 328 g/mol. The molecule has 0 aromatic rings. The number of rotatable bonds is 8. The predicted molar refractivity (Wildman–Crippen MR) is 78.3 cm³/mol. The van der Waals surface area contributed by atoms with Gasteiger partial charge in [0.2, 0.25) is 0 Å². The van der Waals surface area contributed by atoms with E-state index < -0.39 is 13.8 Å². The highest BCUT2D eigenvalue weighted by molar-refractivity contribution is 7.45. The summed E-state index contributed by atoms with van der Waals surface area (Å²) in [6.07, 6.45) is 2.33. The van der Waals surface area contributed by atoms with Gasteiger partial charge in [0.1, 0.15) is 19.3 Å². The summed E-state index contributed by atoms with van der Waals surface area (Å²) in [6.45, 7) is 7.10. The Morgan fingerprint density at radius 3 is 2.10 bits per heavy atom. The first-order chi connectivity index (χ1) is 9.39. The van der Waals surface area contributed by atoms with Gasteiger partial charge >= 0.3 is 13.8 Å². The lowest BCUT2D eigenvalue weighted by Crippen LogP contribution is -2.42. The first kappa shape index (κ1) is 22.5. The third-order valence-corrected chi connectivity index (χ3v) is 2.05. The molecule has 21 heavy (non-hydrogen) atoms. The Hall–Kier alpha value is -0.760. The van der Waals surface area contributed by atoms with Crippen LogP contribution in [0.15, 0.2) is 12.7 Å². The number of esters is 1. The van der Waals surface area contributed by atoms with E-state index in [1.165, 1.54) is 0 Å². The number of phosphoric acid groups is 1. The fourth-order valence-electron chi connectivity index (χ4n) is 1.33. The molecule has 1 atom stereocenters. The van der Waals surface area contributed by atoms with Crippen LogP contribution < -0.4 is 0 Å². The van der Waals surface area contributed by atoms with Crippen molar-refractivity contribution < 1.29 is 38.0 Å². The average Bonchev–Trinajstić information content (AvgIpc) is 2.29. The molecule has 0 heterocycles. The standard InChI is InChI=1S/C12H24NO3.H3O4P/c1-6-11(10-13(3,4)5)15-8-9-16-12(14)7-2;1-5(2,3)4/h7,11H,2,6,8-10H2,1,3-5H3;(H3,1,2,3,4)/q+1;. The molecule has 126 valence electrons. The van der Waals surface area contributed by atoms with Gasteiger partial charge in [-0.3, -0.25) is 0 Å². The second-order valence-corrected chi connectivity index (χ2v) is 6.29. The van der Waals surface area contributed by atoms with Crippen LogP contribution in [0.5, 0.6) is 0 Å². The summed E-state index contributed by atoms with van der Waals surface area (Å²) < 4.78 is 20.2. The van der Waals surface area contributed by atoms with E-state index in [9.17, 15) is 4.79 Å². The number of hydrogen-bond donors (Lipinski definition) is 3. The number of hydrogen-bond acceptors (Lipinski definition) is 4. The van der Waals surface area contributed by atoms with Crippen molar-refractivity contribution in [2.75, 3.05) is 40.9 Å². The van der Waals surface area contributed by atoms with Gasteiger partial charge in [0.25, 0.3) is 0 Å². The van der Waals surface area contributed by atoms with Crippen LogP contribution in [0.4, 0.5) is 0 Å². The topological polar surface area (TPSA) is 113 Å². The number of nitrogens with zero attached hydrogens (tertiary/aromatic N) is 1. The van der Waals surface area contributed by atoms with Crippen molar-refractivity contribution in [2.24, 2.45) is 0 Å². The summed E-state index contributed by atoms with van der Waals surface area (Å²) in [5.74, 6) is -0.400.